The molecule has 22 heavy (non-hydrogen) atoms. The zero-order valence-corrected chi connectivity index (χ0v) is 12.2. The van der Waals surface area contributed by atoms with Crippen LogP contribution in [-0.2, 0) is 6.42 Å². The zero-order chi connectivity index (χ0) is 15.7. The van der Waals surface area contributed by atoms with Crippen molar-refractivity contribution in [3.63, 3.8) is 0 Å². The lowest BCUT2D eigenvalue weighted by molar-refractivity contribution is 0.0697. The van der Waals surface area contributed by atoms with Gasteiger partial charge in [0.1, 0.15) is 5.52 Å². The third-order valence-corrected chi connectivity index (χ3v) is 3.38. The molecular weight excluding hydrogens is 278 g/mol. The number of carboxylic acids is 1. The second kappa shape index (κ2) is 5.48. The van der Waals surface area contributed by atoms with Gasteiger partial charge in [-0.1, -0.05) is 36.4 Å². The lowest BCUT2D eigenvalue weighted by atomic mass is 10.1. The van der Waals surface area contributed by atoms with Crippen LogP contribution in [0.3, 0.4) is 0 Å². The smallest absolute Gasteiger partial charge is 0.336 e. The van der Waals surface area contributed by atoms with E-state index in [0.717, 1.165) is 11.1 Å². The zero-order valence-electron chi connectivity index (χ0n) is 12.2. The van der Waals surface area contributed by atoms with Gasteiger partial charge in [0, 0.05) is 5.56 Å². The Kier molecular flexibility index (Phi) is 3.51. The molecule has 2 aromatic carbocycles. The minimum atomic E-state index is -1.000. The van der Waals surface area contributed by atoms with Crippen molar-refractivity contribution in [1.82, 2.24) is 4.98 Å². The lowest BCUT2D eigenvalue weighted by Crippen LogP contribution is -1.98. The highest BCUT2D eigenvalue weighted by molar-refractivity contribution is 5.95. The molecule has 0 aliphatic heterocycles. The summed E-state index contributed by atoms with van der Waals surface area (Å²) in [5, 5.41) is 9.29. The molecule has 110 valence electrons. The largest absolute Gasteiger partial charge is 0.478 e. The van der Waals surface area contributed by atoms with E-state index in [2.05, 4.69) is 11.6 Å². The number of para-hydroxylation sites is 1. The second-order valence-electron chi connectivity index (χ2n) is 5.27. The Morgan fingerprint density at radius 2 is 2.00 bits per heavy atom. The highest BCUT2D eigenvalue weighted by Crippen LogP contribution is 2.29. The van der Waals surface area contributed by atoms with Crippen molar-refractivity contribution < 1.29 is 14.3 Å². The van der Waals surface area contributed by atoms with Crippen LogP contribution in [0.4, 0.5) is 0 Å². The average molecular weight is 293 g/mol. The molecule has 3 rings (SSSR count). The molecule has 1 N–H and O–H groups in total. The Balaban J connectivity index is 2.18. The predicted molar refractivity (Wildman–Crippen MR) is 84.9 cm³/mol. The van der Waals surface area contributed by atoms with Crippen LogP contribution >= 0.6 is 0 Å². The number of aromatic carboxylic acids is 1. The van der Waals surface area contributed by atoms with Crippen LogP contribution in [-0.4, -0.2) is 16.1 Å². The molecule has 0 aliphatic rings. The fourth-order valence-electron chi connectivity index (χ4n) is 2.44. The van der Waals surface area contributed by atoms with Gasteiger partial charge >= 0.3 is 5.97 Å². The van der Waals surface area contributed by atoms with E-state index >= 15 is 0 Å². The van der Waals surface area contributed by atoms with Gasteiger partial charge in [-0.2, -0.15) is 0 Å². The van der Waals surface area contributed by atoms with E-state index in [1.165, 1.54) is 0 Å². The topological polar surface area (TPSA) is 63.3 Å². The normalized spacial score (nSPS) is 10.8. The first kappa shape index (κ1) is 14.1. The Bertz CT molecular complexity index is 877. The van der Waals surface area contributed by atoms with Crippen LogP contribution in [0.1, 0.15) is 22.8 Å². The van der Waals surface area contributed by atoms with E-state index < -0.39 is 5.97 Å². The number of aromatic nitrogens is 1. The van der Waals surface area contributed by atoms with Crippen LogP contribution in [0, 0.1) is 0 Å². The fraction of sp³-hybridized carbons (Fsp3) is 0.111. The highest BCUT2D eigenvalue weighted by atomic mass is 16.4. The second-order valence-corrected chi connectivity index (χ2v) is 5.27. The van der Waals surface area contributed by atoms with E-state index in [9.17, 15) is 9.90 Å². The maximum atomic E-state index is 11.3. The summed E-state index contributed by atoms with van der Waals surface area (Å²) in [5.74, 6) is -0.679. The van der Waals surface area contributed by atoms with Crippen LogP contribution in [0.15, 0.2) is 59.0 Å². The lowest BCUT2D eigenvalue weighted by Gasteiger charge is -2.01. The molecule has 0 radical (unpaired) electrons. The maximum Gasteiger partial charge on any atom is 0.336 e. The first-order chi connectivity index (χ1) is 10.6. The Morgan fingerprint density at radius 3 is 2.73 bits per heavy atom. The summed E-state index contributed by atoms with van der Waals surface area (Å²) in [4.78, 5) is 15.8. The van der Waals surface area contributed by atoms with Crippen LogP contribution < -0.4 is 0 Å². The monoisotopic (exact) mass is 293 g/mol. The molecule has 0 fully saturated rings. The molecule has 0 amide bonds. The first-order valence-electron chi connectivity index (χ1n) is 6.92. The number of hydrogen-bond acceptors (Lipinski definition) is 3. The van der Waals surface area contributed by atoms with Gasteiger partial charge in [0.2, 0.25) is 5.89 Å². The molecule has 0 aliphatic carbocycles. The van der Waals surface area contributed by atoms with Gasteiger partial charge in [0.05, 0.1) is 11.1 Å². The van der Waals surface area contributed by atoms with Crippen molar-refractivity contribution in [2.24, 2.45) is 0 Å². The molecule has 0 saturated heterocycles. The molecule has 0 atom stereocenters. The summed E-state index contributed by atoms with van der Waals surface area (Å²) in [7, 11) is 0. The number of hydrogen-bond donors (Lipinski definition) is 1. The Hall–Kier alpha value is -2.88. The van der Waals surface area contributed by atoms with Gasteiger partial charge in [-0.25, -0.2) is 9.78 Å². The van der Waals surface area contributed by atoms with Gasteiger partial charge in [-0.15, -0.1) is 0 Å². The van der Waals surface area contributed by atoms with Gasteiger partial charge in [0.15, 0.2) is 5.58 Å². The molecule has 0 spiro atoms. The minimum absolute atomic E-state index is 0.176. The van der Waals surface area contributed by atoms with E-state index in [1.54, 1.807) is 24.3 Å². The third kappa shape index (κ3) is 2.51. The van der Waals surface area contributed by atoms with Crippen LogP contribution in [0.2, 0.25) is 0 Å². The van der Waals surface area contributed by atoms with Crippen molar-refractivity contribution in [2.45, 2.75) is 13.3 Å². The highest BCUT2D eigenvalue weighted by Gasteiger charge is 2.17. The van der Waals surface area contributed by atoms with Crippen molar-refractivity contribution >= 4 is 17.1 Å². The molecule has 1 aromatic heterocycles. The Labute approximate surface area is 127 Å². The van der Waals surface area contributed by atoms with E-state index in [-0.39, 0.29) is 5.56 Å². The molecule has 4 nitrogen and oxygen atoms in total. The number of fused-ring (bicyclic) bond motifs is 1. The molecule has 0 saturated carbocycles. The molecular formula is C18H15NO3. The van der Waals surface area contributed by atoms with Gasteiger partial charge in [-0.3, -0.25) is 0 Å². The molecule has 1 heterocycles. The number of benzene rings is 2. The average Bonchev–Trinajstić information content (AvgIpc) is 2.91. The number of allylic oxidation sites excluding steroid dienone is 1. The summed E-state index contributed by atoms with van der Waals surface area (Å²) in [6, 6.07) is 12.4. The van der Waals surface area contributed by atoms with Crippen LogP contribution in [0.25, 0.3) is 22.6 Å². The number of oxazole rings is 1. The van der Waals surface area contributed by atoms with E-state index in [4.69, 9.17) is 4.42 Å². The predicted octanol–water partition coefficient (Wildman–Crippen LogP) is 4.31. The quantitative estimate of drug-likeness (QED) is 0.728. The first-order valence-corrected chi connectivity index (χ1v) is 6.92. The number of carboxylic acid groups (broad SMARTS) is 1. The van der Waals surface area contributed by atoms with Crippen molar-refractivity contribution in [3.8, 4) is 11.5 Å². The number of nitrogens with zero attached hydrogens (tertiary/aromatic N) is 1. The maximum absolute atomic E-state index is 11.3. The summed E-state index contributed by atoms with van der Waals surface area (Å²) in [6.07, 6.45) is 0.701. The van der Waals surface area contributed by atoms with Crippen LogP contribution in [0.5, 0.6) is 0 Å². The number of carbonyl (C=O) groups is 1. The summed E-state index contributed by atoms with van der Waals surface area (Å²) in [5.41, 5.74) is 4.07. The molecule has 0 bridgehead atoms. The molecule has 3 aromatic rings. The van der Waals surface area contributed by atoms with Crippen molar-refractivity contribution in [3.05, 3.63) is 65.7 Å². The SMILES string of the molecule is C=C(C)Cc1cccc2nc(-c3ccccc3C(=O)O)oc12. The van der Waals surface area contributed by atoms with Gasteiger partial charge < -0.3 is 9.52 Å². The summed E-state index contributed by atoms with van der Waals surface area (Å²) < 4.78 is 5.86. The summed E-state index contributed by atoms with van der Waals surface area (Å²) >= 11 is 0. The van der Waals surface area contributed by atoms with Crippen molar-refractivity contribution in [1.29, 1.82) is 0 Å². The minimum Gasteiger partial charge on any atom is -0.478 e. The molecule has 4 heteroatoms. The number of rotatable bonds is 4. The van der Waals surface area contributed by atoms with Gasteiger partial charge in [-0.05, 0) is 31.5 Å². The Morgan fingerprint density at radius 1 is 1.23 bits per heavy atom. The third-order valence-electron chi connectivity index (χ3n) is 3.38. The summed E-state index contributed by atoms with van der Waals surface area (Å²) in [6.45, 7) is 5.87. The van der Waals surface area contributed by atoms with Crippen molar-refractivity contribution in [2.75, 3.05) is 0 Å². The standard InChI is InChI=1S/C18H15NO3/c1-11(2)10-12-6-5-9-15-16(12)22-17(19-15)13-7-3-4-8-14(13)18(20)21/h3-9H,1,10H2,2H3,(H,20,21). The van der Waals surface area contributed by atoms with E-state index in [0.29, 0.717) is 29.0 Å². The van der Waals surface area contributed by atoms with E-state index in [1.807, 2.05) is 25.1 Å². The molecule has 0 unspecified atom stereocenters. The fourth-order valence-corrected chi connectivity index (χ4v) is 2.44. The van der Waals surface area contributed by atoms with Gasteiger partial charge in [0.25, 0.3) is 0 Å².